The molecule has 0 saturated carbocycles. The molecule has 7 heteroatoms. The van der Waals surface area contributed by atoms with Gasteiger partial charge in [0, 0.05) is 39.3 Å². The van der Waals surface area contributed by atoms with Crippen LogP contribution < -0.4 is 16.4 Å². The van der Waals surface area contributed by atoms with E-state index in [2.05, 4.69) is 20.6 Å². The van der Waals surface area contributed by atoms with Crippen LogP contribution in [-0.4, -0.2) is 49.0 Å². The highest BCUT2D eigenvalue weighted by molar-refractivity contribution is 5.51. The van der Waals surface area contributed by atoms with Gasteiger partial charge in [0.25, 0.3) is 0 Å². The first-order valence-electron chi connectivity index (χ1n) is 6.43. The standard InChI is InChI=1S/C12H21N5O2/c1-3-14-9-6-10(17-11(13)16-9)15-7-12(18-2)4-5-19-8-12/h6H,3-5,7-8H2,1-2H3,(H4,13,14,15,16,17). The molecule has 1 aliphatic heterocycles. The summed E-state index contributed by atoms with van der Waals surface area (Å²) in [4.78, 5) is 8.26. The first-order chi connectivity index (χ1) is 9.17. The van der Waals surface area contributed by atoms with E-state index in [0.717, 1.165) is 19.6 Å². The Morgan fingerprint density at radius 3 is 2.74 bits per heavy atom. The van der Waals surface area contributed by atoms with Crippen molar-refractivity contribution >= 4 is 17.6 Å². The predicted molar refractivity (Wildman–Crippen MR) is 74.3 cm³/mol. The molecule has 1 aromatic rings. The molecule has 1 fully saturated rings. The van der Waals surface area contributed by atoms with Crippen LogP contribution in [0.25, 0.3) is 0 Å². The number of hydrogen-bond donors (Lipinski definition) is 3. The summed E-state index contributed by atoms with van der Waals surface area (Å²) in [6.07, 6.45) is 0.872. The highest BCUT2D eigenvalue weighted by Gasteiger charge is 2.34. The zero-order valence-corrected chi connectivity index (χ0v) is 11.4. The molecule has 2 heterocycles. The lowest BCUT2D eigenvalue weighted by atomic mass is 10.0. The molecule has 0 radical (unpaired) electrons. The van der Waals surface area contributed by atoms with Crippen LogP contribution in [-0.2, 0) is 9.47 Å². The van der Waals surface area contributed by atoms with E-state index in [1.54, 1.807) is 7.11 Å². The highest BCUT2D eigenvalue weighted by atomic mass is 16.5. The van der Waals surface area contributed by atoms with Gasteiger partial charge in [0.15, 0.2) is 0 Å². The summed E-state index contributed by atoms with van der Waals surface area (Å²) in [5.41, 5.74) is 5.40. The molecule has 2 rings (SSSR count). The molecule has 0 bridgehead atoms. The minimum Gasteiger partial charge on any atom is -0.378 e. The number of nitrogen functional groups attached to an aromatic ring is 1. The molecule has 4 N–H and O–H groups in total. The number of nitrogens with one attached hydrogen (secondary N) is 2. The quantitative estimate of drug-likeness (QED) is 0.698. The lowest BCUT2D eigenvalue weighted by Gasteiger charge is -2.26. The van der Waals surface area contributed by atoms with Crippen molar-refractivity contribution in [2.45, 2.75) is 18.9 Å². The Kier molecular flexibility index (Phi) is 4.39. The second-order valence-corrected chi connectivity index (χ2v) is 4.57. The Bertz CT molecular complexity index is 421. The molecular weight excluding hydrogens is 246 g/mol. The van der Waals surface area contributed by atoms with Crippen LogP contribution in [0.4, 0.5) is 17.6 Å². The van der Waals surface area contributed by atoms with Crippen LogP contribution in [0.3, 0.4) is 0 Å². The number of aromatic nitrogens is 2. The smallest absolute Gasteiger partial charge is 0.223 e. The molecule has 1 aromatic heterocycles. The van der Waals surface area contributed by atoms with Gasteiger partial charge < -0.3 is 25.8 Å². The minimum atomic E-state index is -0.280. The third kappa shape index (κ3) is 3.45. The van der Waals surface area contributed by atoms with Gasteiger partial charge in [-0.2, -0.15) is 9.97 Å². The molecule has 19 heavy (non-hydrogen) atoms. The summed E-state index contributed by atoms with van der Waals surface area (Å²) < 4.78 is 10.9. The van der Waals surface area contributed by atoms with Gasteiger partial charge in [-0.1, -0.05) is 0 Å². The second kappa shape index (κ2) is 6.03. The lowest BCUT2D eigenvalue weighted by molar-refractivity contribution is -0.00625. The first-order valence-corrected chi connectivity index (χ1v) is 6.43. The summed E-state index contributed by atoms with van der Waals surface area (Å²) in [5.74, 6) is 1.65. The Morgan fingerprint density at radius 2 is 2.16 bits per heavy atom. The van der Waals surface area contributed by atoms with Crippen LogP contribution >= 0.6 is 0 Å². The fourth-order valence-corrected chi connectivity index (χ4v) is 2.04. The third-order valence-electron chi connectivity index (χ3n) is 3.19. The van der Waals surface area contributed by atoms with Crippen LogP contribution in [0.2, 0.25) is 0 Å². The van der Waals surface area contributed by atoms with E-state index in [1.807, 2.05) is 13.0 Å². The average molecular weight is 267 g/mol. The van der Waals surface area contributed by atoms with E-state index < -0.39 is 0 Å². The van der Waals surface area contributed by atoms with E-state index in [9.17, 15) is 0 Å². The van der Waals surface area contributed by atoms with Gasteiger partial charge in [-0.3, -0.25) is 0 Å². The van der Waals surface area contributed by atoms with Gasteiger partial charge in [-0.15, -0.1) is 0 Å². The van der Waals surface area contributed by atoms with Gasteiger partial charge in [-0.05, 0) is 6.92 Å². The Labute approximate surface area is 112 Å². The molecule has 0 spiro atoms. The van der Waals surface area contributed by atoms with E-state index >= 15 is 0 Å². The van der Waals surface area contributed by atoms with E-state index in [4.69, 9.17) is 15.2 Å². The highest BCUT2D eigenvalue weighted by Crippen LogP contribution is 2.23. The largest absolute Gasteiger partial charge is 0.378 e. The van der Waals surface area contributed by atoms with Crippen LogP contribution in [0.1, 0.15) is 13.3 Å². The van der Waals surface area contributed by atoms with E-state index in [1.165, 1.54) is 0 Å². The van der Waals surface area contributed by atoms with Crippen molar-refractivity contribution in [1.29, 1.82) is 0 Å². The maximum Gasteiger partial charge on any atom is 0.223 e. The average Bonchev–Trinajstić information content (AvgIpc) is 2.86. The number of rotatable bonds is 6. The molecular formula is C12H21N5O2. The summed E-state index contributed by atoms with van der Waals surface area (Å²) in [6.45, 7) is 4.74. The molecule has 0 aromatic carbocycles. The van der Waals surface area contributed by atoms with E-state index in [-0.39, 0.29) is 11.5 Å². The molecule has 1 atom stereocenters. The van der Waals surface area contributed by atoms with Crippen LogP contribution in [0.5, 0.6) is 0 Å². The topological polar surface area (TPSA) is 94.3 Å². The Hall–Kier alpha value is -1.60. The fourth-order valence-electron chi connectivity index (χ4n) is 2.04. The van der Waals surface area contributed by atoms with Gasteiger partial charge in [0.1, 0.15) is 17.2 Å². The zero-order valence-electron chi connectivity index (χ0n) is 11.4. The normalized spacial score (nSPS) is 22.4. The minimum absolute atomic E-state index is 0.245. The summed E-state index contributed by atoms with van der Waals surface area (Å²) in [7, 11) is 1.70. The van der Waals surface area contributed by atoms with Gasteiger partial charge in [0.2, 0.25) is 5.95 Å². The number of ether oxygens (including phenoxy) is 2. The van der Waals surface area contributed by atoms with Gasteiger partial charge in [-0.25, -0.2) is 0 Å². The molecule has 0 amide bonds. The van der Waals surface area contributed by atoms with Gasteiger partial charge >= 0.3 is 0 Å². The Balaban J connectivity index is 2.02. The third-order valence-corrected chi connectivity index (χ3v) is 3.19. The number of anilines is 3. The number of nitrogens with two attached hydrogens (primary N) is 1. The van der Waals surface area contributed by atoms with Crippen LogP contribution in [0.15, 0.2) is 6.07 Å². The summed E-state index contributed by atoms with van der Waals surface area (Å²) in [5, 5.41) is 6.36. The molecule has 7 nitrogen and oxygen atoms in total. The number of hydrogen-bond acceptors (Lipinski definition) is 7. The molecule has 0 aliphatic carbocycles. The zero-order chi connectivity index (χ0) is 13.7. The van der Waals surface area contributed by atoms with Crippen molar-refractivity contribution in [2.75, 3.05) is 49.8 Å². The SMILES string of the molecule is CCNc1cc(NCC2(OC)CCOC2)nc(N)n1. The van der Waals surface area contributed by atoms with Crippen molar-refractivity contribution in [3.05, 3.63) is 6.07 Å². The second-order valence-electron chi connectivity index (χ2n) is 4.57. The van der Waals surface area contributed by atoms with Crippen LogP contribution in [0, 0.1) is 0 Å². The summed E-state index contributed by atoms with van der Waals surface area (Å²) in [6, 6.07) is 1.83. The Morgan fingerprint density at radius 1 is 1.42 bits per heavy atom. The van der Waals surface area contributed by atoms with Crippen molar-refractivity contribution in [1.82, 2.24) is 9.97 Å². The number of methoxy groups -OCH3 is 1. The molecule has 1 aliphatic rings. The van der Waals surface area contributed by atoms with E-state index in [0.29, 0.717) is 24.8 Å². The van der Waals surface area contributed by atoms with Crippen molar-refractivity contribution < 1.29 is 9.47 Å². The fraction of sp³-hybridized carbons (Fsp3) is 0.667. The molecule has 1 saturated heterocycles. The monoisotopic (exact) mass is 267 g/mol. The van der Waals surface area contributed by atoms with Gasteiger partial charge in [0.05, 0.1) is 6.61 Å². The maximum atomic E-state index is 5.68. The number of nitrogens with zero attached hydrogens (tertiary/aromatic N) is 2. The predicted octanol–water partition coefficient (Wildman–Crippen LogP) is 0.708. The van der Waals surface area contributed by atoms with Crippen molar-refractivity contribution in [3.63, 3.8) is 0 Å². The van der Waals surface area contributed by atoms with Crippen molar-refractivity contribution in [3.8, 4) is 0 Å². The molecule has 106 valence electrons. The lowest BCUT2D eigenvalue weighted by Crippen LogP contribution is -2.39. The molecule has 1 unspecified atom stereocenters. The summed E-state index contributed by atoms with van der Waals surface area (Å²) >= 11 is 0. The first kappa shape index (κ1) is 13.8. The van der Waals surface area contributed by atoms with Crippen molar-refractivity contribution in [2.24, 2.45) is 0 Å². The maximum absolute atomic E-state index is 5.68.